The van der Waals surface area contributed by atoms with Crippen LogP contribution < -0.4 is 4.90 Å². The lowest BCUT2D eigenvalue weighted by Crippen LogP contribution is -2.45. The average molecular weight is 403 g/mol. The van der Waals surface area contributed by atoms with Gasteiger partial charge < -0.3 is 4.90 Å². The van der Waals surface area contributed by atoms with Crippen LogP contribution in [-0.2, 0) is 10.0 Å². The maximum Gasteiger partial charge on any atom is 0.222 e. The first-order valence-corrected chi connectivity index (χ1v) is 11.1. The molecule has 0 bridgehead atoms. The zero-order chi connectivity index (χ0) is 19.7. The molecule has 0 aliphatic carbocycles. The minimum absolute atomic E-state index is 0.0449. The van der Waals surface area contributed by atoms with Gasteiger partial charge in [-0.05, 0) is 43.7 Å². The zero-order valence-electron chi connectivity index (χ0n) is 15.5. The minimum Gasteiger partial charge on any atom is -0.356 e. The fourth-order valence-corrected chi connectivity index (χ4v) is 5.80. The molecule has 148 valence electrons. The monoisotopic (exact) mass is 403 g/mol. The Kier molecular flexibility index (Phi) is 5.17. The Morgan fingerprint density at radius 1 is 1.21 bits per heavy atom. The van der Waals surface area contributed by atoms with Gasteiger partial charge in [-0.3, -0.25) is 0 Å². The number of fused-ring (bicyclic) bond motifs is 1. The van der Waals surface area contributed by atoms with E-state index in [1.165, 1.54) is 18.5 Å². The molecule has 0 N–H and O–H groups in total. The topological polar surface area (TPSA) is 70.8 Å². The van der Waals surface area contributed by atoms with E-state index in [0.29, 0.717) is 36.4 Å². The summed E-state index contributed by atoms with van der Waals surface area (Å²) in [5, 5.41) is 0.654. The Morgan fingerprint density at radius 3 is 2.86 bits per heavy atom. The van der Waals surface area contributed by atoms with Gasteiger partial charge in [0, 0.05) is 31.6 Å². The summed E-state index contributed by atoms with van der Waals surface area (Å²) in [6.45, 7) is 9.76. The number of hydrogen-bond acceptors (Lipinski definition) is 5. The van der Waals surface area contributed by atoms with Crippen LogP contribution in [0.2, 0.25) is 0 Å². The van der Waals surface area contributed by atoms with E-state index in [4.69, 9.17) is 6.57 Å². The molecule has 4 rings (SSSR count). The Bertz CT molecular complexity index is 1040. The second kappa shape index (κ2) is 7.60. The van der Waals surface area contributed by atoms with E-state index < -0.39 is 15.8 Å². The standard InChI is InChI=1S/C19H22FN5O2S/c1-21-18-9-15-17(10-16(18)20)22-13-23-19(15)24-6-4-5-14(11-24)12-25-7-2-3-8-28(25,26)27/h9-10,13-14H,2-8,11-12H2. The van der Waals surface area contributed by atoms with Crippen LogP contribution >= 0.6 is 0 Å². The summed E-state index contributed by atoms with van der Waals surface area (Å²) >= 11 is 0. The van der Waals surface area contributed by atoms with Crippen LogP contribution in [0.3, 0.4) is 0 Å². The smallest absolute Gasteiger partial charge is 0.222 e. The molecule has 1 atom stereocenters. The van der Waals surface area contributed by atoms with Gasteiger partial charge in [0.15, 0.2) is 0 Å². The fourth-order valence-electron chi connectivity index (χ4n) is 4.13. The molecule has 0 spiro atoms. The van der Waals surface area contributed by atoms with Crippen molar-refractivity contribution in [3.05, 3.63) is 35.7 Å². The highest BCUT2D eigenvalue weighted by Gasteiger charge is 2.30. The number of piperidine rings is 1. The number of aromatic nitrogens is 2. The second-order valence-corrected chi connectivity index (χ2v) is 9.55. The lowest BCUT2D eigenvalue weighted by molar-refractivity contribution is 0.296. The predicted octanol–water partition coefficient (Wildman–Crippen LogP) is 2.96. The molecule has 1 aromatic heterocycles. The molecule has 3 heterocycles. The largest absolute Gasteiger partial charge is 0.356 e. The molecule has 0 amide bonds. The van der Waals surface area contributed by atoms with Crippen LogP contribution in [0.15, 0.2) is 18.5 Å². The van der Waals surface area contributed by atoms with Crippen molar-refractivity contribution in [1.82, 2.24) is 14.3 Å². The van der Waals surface area contributed by atoms with Gasteiger partial charge in [-0.25, -0.2) is 31.9 Å². The lowest BCUT2D eigenvalue weighted by Gasteiger charge is -2.37. The van der Waals surface area contributed by atoms with Gasteiger partial charge in [0.1, 0.15) is 18.0 Å². The molecular weight excluding hydrogens is 381 g/mol. The van der Waals surface area contributed by atoms with Crippen molar-refractivity contribution in [2.45, 2.75) is 25.7 Å². The van der Waals surface area contributed by atoms with E-state index in [9.17, 15) is 12.8 Å². The van der Waals surface area contributed by atoms with Gasteiger partial charge in [0.05, 0.1) is 17.8 Å². The molecule has 0 radical (unpaired) electrons. The number of sulfonamides is 1. The SMILES string of the molecule is [C-]#[N+]c1cc2c(N3CCCC(CN4CCCCS4(=O)=O)C3)ncnc2cc1F. The molecule has 1 unspecified atom stereocenters. The van der Waals surface area contributed by atoms with Crippen LogP contribution in [0.1, 0.15) is 25.7 Å². The number of nitrogens with zero attached hydrogens (tertiary/aromatic N) is 5. The van der Waals surface area contributed by atoms with Gasteiger partial charge in [0.25, 0.3) is 0 Å². The van der Waals surface area contributed by atoms with Crippen LogP contribution in [0.5, 0.6) is 0 Å². The number of hydrogen-bond donors (Lipinski definition) is 0. The maximum atomic E-state index is 13.9. The Balaban J connectivity index is 1.59. The first-order valence-electron chi connectivity index (χ1n) is 9.52. The molecule has 2 aliphatic rings. The van der Waals surface area contributed by atoms with Crippen LogP contribution in [0, 0.1) is 18.3 Å². The number of rotatable bonds is 3. The Morgan fingerprint density at radius 2 is 2.07 bits per heavy atom. The number of benzene rings is 1. The summed E-state index contributed by atoms with van der Waals surface area (Å²) < 4.78 is 40.2. The normalized spacial score (nSPS) is 22.9. The van der Waals surface area contributed by atoms with E-state index in [0.717, 1.165) is 32.2 Å². The summed E-state index contributed by atoms with van der Waals surface area (Å²) in [5.74, 6) is 0.554. The molecule has 2 fully saturated rings. The number of anilines is 1. The minimum atomic E-state index is -3.14. The quantitative estimate of drug-likeness (QED) is 0.737. The summed E-state index contributed by atoms with van der Waals surface area (Å²) in [6, 6.07) is 2.78. The van der Waals surface area contributed by atoms with Gasteiger partial charge in [-0.15, -0.1) is 0 Å². The molecule has 2 saturated heterocycles. The van der Waals surface area contributed by atoms with Crippen molar-refractivity contribution in [1.29, 1.82) is 0 Å². The van der Waals surface area contributed by atoms with Crippen molar-refractivity contribution in [3.63, 3.8) is 0 Å². The molecule has 2 aliphatic heterocycles. The summed E-state index contributed by atoms with van der Waals surface area (Å²) in [6.07, 6.45) is 4.96. The Hall–Kier alpha value is -2.31. The van der Waals surface area contributed by atoms with E-state index in [2.05, 4.69) is 19.7 Å². The fraction of sp³-hybridized carbons (Fsp3) is 0.526. The maximum absolute atomic E-state index is 13.9. The third kappa shape index (κ3) is 3.66. The molecule has 0 saturated carbocycles. The van der Waals surface area contributed by atoms with Gasteiger partial charge in [-0.2, -0.15) is 0 Å². The highest BCUT2D eigenvalue weighted by atomic mass is 32.2. The lowest BCUT2D eigenvalue weighted by atomic mass is 9.97. The van der Waals surface area contributed by atoms with Crippen molar-refractivity contribution >= 4 is 32.4 Å². The summed E-state index contributed by atoms with van der Waals surface area (Å²) in [5.41, 5.74) is 0.423. The van der Waals surface area contributed by atoms with Gasteiger partial charge >= 0.3 is 0 Å². The zero-order valence-corrected chi connectivity index (χ0v) is 16.3. The van der Waals surface area contributed by atoms with Crippen molar-refractivity contribution < 1.29 is 12.8 Å². The number of halogens is 1. The van der Waals surface area contributed by atoms with E-state index in [-0.39, 0.29) is 17.4 Å². The van der Waals surface area contributed by atoms with Crippen LogP contribution in [-0.4, -0.2) is 54.6 Å². The first-order chi connectivity index (χ1) is 13.5. The molecular formula is C19H22FN5O2S. The Labute approximate surface area is 164 Å². The molecule has 2 aromatic rings. The van der Waals surface area contributed by atoms with E-state index in [1.807, 2.05) is 0 Å². The van der Waals surface area contributed by atoms with Crippen LogP contribution in [0.25, 0.3) is 15.7 Å². The second-order valence-electron chi connectivity index (χ2n) is 7.47. The molecule has 1 aromatic carbocycles. The average Bonchev–Trinajstić information content (AvgIpc) is 2.68. The van der Waals surface area contributed by atoms with E-state index in [1.54, 1.807) is 4.31 Å². The molecule has 28 heavy (non-hydrogen) atoms. The van der Waals surface area contributed by atoms with Crippen LogP contribution in [0.4, 0.5) is 15.9 Å². The summed E-state index contributed by atoms with van der Waals surface area (Å²) in [4.78, 5) is 13.9. The third-order valence-electron chi connectivity index (χ3n) is 5.54. The van der Waals surface area contributed by atoms with E-state index >= 15 is 0 Å². The van der Waals surface area contributed by atoms with Crippen molar-refractivity contribution in [2.24, 2.45) is 5.92 Å². The predicted molar refractivity (Wildman–Crippen MR) is 105 cm³/mol. The van der Waals surface area contributed by atoms with Crippen molar-refractivity contribution in [2.75, 3.05) is 36.8 Å². The highest BCUT2D eigenvalue weighted by Crippen LogP contribution is 2.32. The van der Waals surface area contributed by atoms with Gasteiger partial charge in [-0.1, -0.05) is 0 Å². The molecule has 9 heteroatoms. The van der Waals surface area contributed by atoms with Gasteiger partial charge in [0.2, 0.25) is 15.7 Å². The third-order valence-corrected chi connectivity index (χ3v) is 7.46. The van der Waals surface area contributed by atoms with Crippen molar-refractivity contribution in [3.8, 4) is 0 Å². The molecule has 7 nitrogen and oxygen atoms in total. The highest BCUT2D eigenvalue weighted by molar-refractivity contribution is 7.89. The first kappa shape index (κ1) is 19.0. The summed E-state index contributed by atoms with van der Waals surface area (Å²) in [7, 11) is -3.14.